The van der Waals surface area contributed by atoms with E-state index in [1.807, 2.05) is 42.5 Å². The normalized spacial score (nSPS) is 10.6. The summed E-state index contributed by atoms with van der Waals surface area (Å²) in [7, 11) is 0. The molecule has 0 amide bonds. The molecule has 3 aromatic rings. The van der Waals surface area contributed by atoms with Gasteiger partial charge in [0.05, 0.1) is 0 Å². The predicted molar refractivity (Wildman–Crippen MR) is 74.0 cm³/mol. The number of aromatic nitrogens is 1. The SMILES string of the molecule is Oc1ccc2ccccc2c1N=Nc1ccccn1.[Cu]. The number of hydrogen-bond acceptors (Lipinski definition) is 4. The third-order valence-corrected chi connectivity index (χ3v) is 2.78. The summed E-state index contributed by atoms with van der Waals surface area (Å²) in [6.07, 6.45) is 1.65. The summed E-state index contributed by atoms with van der Waals surface area (Å²) in [4.78, 5) is 4.06. The molecule has 0 saturated carbocycles. The third kappa shape index (κ3) is 2.85. The molecule has 0 saturated heterocycles. The van der Waals surface area contributed by atoms with E-state index < -0.39 is 0 Å². The smallest absolute Gasteiger partial charge is 0.174 e. The standard InChI is InChI=1S/C15H11N3O.Cu/c19-13-9-8-11-5-1-2-6-12(11)15(13)18-17-14-7-3-4-10-16-14;/h1-10,19H;. The van der Waals surface area contributed by atoms with Gasteiger partial charge < -0.3 is 5.11 Å². The summed E-state index contributed by atoms with van der Waals surface area (Å²) in [6, 6.07) is 16.6. The molecule has 1 aromatic heterocycles. The van der Waals surface area contributed by atoms with Gasteiger partial charge in [-0.15, -0.1) is 10.2 Å². The van der Waals surface area contributed by atoms with Crippen LogP contribution in [0, 0.1) is 0 Å². The summed E-state index contributed by atoms with van der Waals surface area (Å²) in [6.45, 7) is 0. The van der Waals surface area contributed by atoms with E-state index >= 15 is 0 Å². The van der Waals surface area contributed by atoms with Gasteiger partial charge in [0.2, 0.25) is 0 Å². The Kier molecular flexibility index (Phi) is 4.45. The minimum atomic E-state index is 0. The van der Waals surface area contributed by atoms with Gasteiger partial charge in [0.1, 0.15) is 11.4 Å². The molecule has 0 fully saturated rings. The molecule has 0 bridgehead atoms. The second-order valence-corrected chi connectivity index (χ2v) is 4.04. The van der Waals surface area contributed by atoms with Gasteiger partial charge in [0.15, 0.2) is 5.82 Å². The van der Waals surface area contributed by atoms with E-state index in [4.69, 9.17) is 0 Å². The summed E-state index contributed by atoms with van der Waals surface area (Å²) in [5.74, 6) is 0.619. The maximum Gasteiger partial charge on any atom is 0.174 e. The van der Waals surface area contributed by atoms with Crippen LogP contribution in [0.25, 0.3) is 10.8 Å². The van der Waals surface area contributed by atoms with Crippen molar-refractivity contribution in [1.82, 2.24) is 4.98 Å². The van der Waals surface area contributed by atoms with Crippen molar-refractivity contribution in [3.05, 3.63) is 60.8 Å². The molecule has 2 aromatic carbocycles. The van der Waals surface area contributed by atoms with Gasteiger partial charge in [0, 0.05) is 28.7 Å². The first kappa shape index (κ1) is 14.2. The largest absolute Gasteiger partial charge is 0.506 e. The van der Waals surface area contributed by atoms with Crippen molar-refractivity contribution in [2.45, 2.75) is 0 Å². The minimum absolute atomic E-state index is 0. The maximum atomic E-state index is 9.91. The van der Waals surface area contributed by atoms with Crippen LogP contribution < -0.4 is 0 Å². The van der Waals surface area contributed by atoms with Gasteiger partial charge in [-0.1, -0.05) is 36.4 Å². The van der Waals surface area contributed by atoms with Crippen molar-refractivity contribution < 1.29 is 22.2 Å². The van der Waals surface area contributed by atoms with Gasteiger partial charge in [-0.3, -0.25) is 0 Å². The fraction of sp³-hybridized carbons (Fsp3) is 0. The Balaban J connectivity index is 0.00000147. The molecule has 103 valence electrons. The minimum Gasteiger partial charge on any atom is -0.506 e. The van der Waals surface area contributed by atoms with Crippen LogP contribution >= 0.6 is 0 Å². The molecular weight excluding hydrogens is 302 g/mol. The Labute approximate surface area is 126 Å². The Morgan fingerprint density at radius 2 is 1.65 bits per heavy atom. The Hall–Kier alpha value is -2.23. The number of fused-ring (bicyclic) bond motifs is 1. The number of nitrogens with zero attached hydrogens (tertiary/aromatic N) is 3. The van der Waals surface area contributed by atoms with Crippen LogP contribution in [0.2, 0.25) is 0 Å². The summed E-state index contributed by atoms with van der Waals surface area (Å²) < 4.78 is 0. The number of pyridine rings is 1. The average molecular weight is 313 g/mol. The third-order valence-electron chi connectivity index (χ3n) is 2.78. The fourth-order valence-electron chi connectivity index (χ4n) is 1.86. The fourth-order valence-corrected chi connectivity index (χ4v) is 1.86. The number of benzene rings is 2. The Bertz CT molecular complexity index is 744. The van der Waals surface area contributed by atoms with E-state index in [-0.39, 0.29) is 22.8 Å². The molecule has 1 radical (unpaired) electrons. The Morgan fingerprint density at radius 3 is 2.45 bits per heavy atom. The predicted octanol–water partition coefficient (Wildman–Crippen LogP) is 4.35. The number of azo groups is 1. The summed E-state index contributed by atoms with van der Waals surface area (Å²) in [5.41, 5.74) is 0.462. The van der Waals surface area contributed by atoms with Gasteiger partial charge >= 0.3 is 0 Å². The number of phenolic OH excluding ortho intramolecular Hbond substituents is 1. The van der Waals surface area contributed by atoms with Crippen LogP contribution in [0.5, 0.6) is 5.75 Å². The molecule has 0 unspecified atom stereocenters. The second kappa shape index (κ2) is 6.28. The first-order chi connectivity index (χ1) is 9.34. The van der Waals surface area contributed by atoms with Gasteiger partial charge in [-0.05, 0) is 23.6 Å². The molecule has 3 rings (SSSR count). The quantitative estimate of drug-likeness (QED) is 0.565. The van der Waals surface area contributed by atoms with E-state index in [9.17, 15) is 5.11 Å². The van der Waals surface area contributed by atoms with E-state index in [2.05, 4.69) is 15.2 Å². The molecule has 1 N–H and O–H groups in total. The maximum absolute atomic E-state index is 9.91. The van der Waals surface area contributed by atoms with Gasteiger partial charge in [-0.25, -0.2) is 4.98 Å². The van der Waals surface area contributed by atoms with Gasteiger partial charge in [0.25, 0.3) is 0 Å². The van der Waals surface area contributed by atoms with Gasteiger partial charge in [-0.2, -0.15) is 0 Å². The molecule has 0 spiro atoms. The molecule has 0 aliphatic rings. The Morgan fingerprint density at radius 1 is 0.850 bits per heavy atom. The molecule has 20 heavy (non-hydrogen) atoms. The molecule has 0 aliphatic heterocycles. The number of aromatic hydroxyl groups is 1. The van der Waals surface area contributed by atoms with Crippen molar-refractivity contribution in [3.63, 3.8) is 0 Å². The van der Waals surface area contributed by atoms with Crippen molar-refractivity contribution in [1.29, 1.82) is 0 Å². The first-order valence-corrected chi connectivity index (χ1v) is 5.88. The monoisotopic (exact) mass is 312 g/mol. The molecule has 1 heterocycles. The molecular formula is C15H11CuN3O. The van der Waals surface area contributed by atoms with Crippen molar-refractivity contribution >= 4 is 22.3 Å². The van der Waals surface area contributed by atoms with Crippen LogP contribution in [0.4, 0.5) is 11.5 Å². The summed E-state index contributed by atoms with van der Waals surface area (Å²) in [5, 5.41) is 19.9. The van der Waals surface area contributed by atoms with Crippen LogP contribution in [0.3, 0.4) is 0 Å². The van der Waals surface area contributed by atoms with Crippen LogP contribution in [0.15, 0.2) is 71.0 Å². The van der Waals surface area contributed by atoms with Crippen molar-refractivity contribution in [2.24, 2.45) is 10.2 Å². The zero-order valence-electron chi connectivity index (χ0n) is 10.4. The molecule has 4 nitrogen and oxygen atoms in total. The van der Waals surface area contributed by atoms with Crippen LogP contribution in [-0.4, -0.2) is 10.1 Å². The number of hydrogen-bond donors (Lipinski definition) is 1. The molecule has 0 atom stereocenters. The number of rotatable bonds is 2. The summed E-state index contributed by atoms with van der Waals surface area (Å²) >= 11 is 0. The van der Waals surface area contributed by atoms with E-state index in [0.29, 0.717) is 11.5 Å². The van der Waals surface area contributed by atoms with Crippen LogP contribution in [-0.2, 0) is 17.1 Å². The second-order valence-electron chi connectivity index (χ2n) is 4.04. The molecule has 5 heteroatoms. The van der Waals surface area contributed by atoms with Crippen molar-refractivity contribution in [3.8, 4) is 5.75 Å². The van der Waals surface area contributed by atoms with Crippen LogP contribution in [0.1, 0.15) is 0 Å². The van der Waals surface area contributed by atoms with Crippen molar-refractivity contribution in [2.75, 3.05) is 0 Å². The first-order valence-electron chi connectivity index (χ1n) is 5.88. The zero-order valence-corrected chi connectivity index (χ0v) is 11.3. The zero-order chi connectivity index (χ0) is 13.1. The number of phenols is 1. The van der Waals surface area contributed by atoms with E-state index in [0.717, 1.165) is 10.8 Å². The van der Waals surface area contributed by atoms with E-state index in [1.54, 1.807) is 18.3 Å². The average Bonchev–Trinajstić information content (AvgIpc) is 2.47. The molecule has 0 aliphatic carbocycles. The van der Waals surface area contributed by atoms with E-state index in [1.165, 1.54) is 0 Å². The topological polar surface area (TPSA) is 57.8 Å².